The van der Waals surface area contributed by atoms with Crippen LogP contribution >= 0.6 is 11.6 Å². The first-order chi connectivity index (χ1) is 11.8. The topological polar surface area (TPSA) is 78.8 Å². The molecule has 0 aliphatic carbocycles. The van der Waals surface area contributed by atoms with Crippen molar-refractivity contribution in [3.05, 3.63) is 64.9 Å². The largest absolute Gasteiger partial charge is 0.271 e. The van der Waals surface area contributed by atoms with Gasteiger partial charge in [0.15, 0.2) is 0 Å². The smallest absolute Gasteiger partial charge is 0.260 e. The van der Waals surface area contributed by atoms with Gasteiger partial charge in [0, 0.05) is 5.02 Å². The highest BCUT2D eigenvalue weighted by atomic mass is 35.5. The highest BCUT2D eigenvalue weighted by Crippen LogP contribution is 2.18. The van der Waals surface area contributed by atoms with Crippen molar-refractivity contribution < 1.29 is 17.6 Å². The average molecular weight is 384 g/mol. The van der Waals surface area contributed by atoms with Crippen LogP contribution in [0.3, 0.4) is 0 Å². The maximum Gasteiger partial charge on any atom is 0.260 e. The van der Waals surface area contributed by atoms with Crippen molar-refractivity contribution in [1.82, 2.24) is 5.43 Å². The van der Waals surface area contributed by atoms with E-state index >= 15 is 0 Å². The van der Waals surface area contributed by atoms with Crippen LogP contribution in [0, 0.1) is 5.82 Å². The zero-order valence-corrected chi connectivity index (χ0v) is 14.8. The summed E-state index contributed by atoms with van der Waals surface area (Å²) < 4.78 is 37.9. The SMILES string of the molecule is CS(=O)(=O)N(CC(=O)N/N=C\c1ccc(Cl)cc1)c1cccc(F)c1. The number of hydrogen-bond donors (Lipinski definition) is 1. The molecule has 0 atom stereocenters. The Labute approximate surface area is 150 Å². The lowest BCUT2D eigenvalue weighted by atomic mass is 10.2. The van der Waals surface area contributed by atoms with Crippen molar-refractivity contribution in [3.8, 4) is 0 Å². The number of hydrazone groups is 1. The number of nitrogens with one attached hydrogen (secondary N) is 1. The molecule has 0 spiro atoms. The summed E-state index contributed by atoms with van der Waals surface area (Å²) in [5, 5.41) is 4.32. The van der Waals surface area contributed by atoms with Crippen LogP contribution in [0.25, 0.3) is 0 Å². The molecule has 0 aromatic heterocycles. The Morgan fingerprint density at radius 2 is 1.96 bits per heavy atom. The normalized spacial score (nSPS) is 11.5. The molecule has 1 amide bonds. The van der Waals surface area contributed by atoms with Crippen molar-refractivity contribution in [3.63, 3.8) is 0 Å². The van der Waals surface area contributed by atoms with E-state index < -0.39 is 28.3 Å². The van der Waals surface area contributed by atoms with Crippen molar-refractivity contribution >= 4 is 39.4 Å². The van der Waals surface area contributed by atoms with Crippen LogP contribution in [0.15, 0.2) is 53.6 Å². The van der Waals surface area contributed by atoms with E-state index in [0.29, 0.717) is 10.6 Å². The standard InChI is InChI=1S/C16H15ClFN3O3S/c1-25(23,24)21(15-4-2-3-14(18)9-15)11-16(22)20-19-10-12-5-7-13(17)8-6-12/h2-10H,11H2,1H3,(H,20,22)/b19-10-. The lowest BCUT2D eigenvalue weighted by molar-refractivity contribution is -0.119. The molecule has 0 aliphatic rings. The fraction of sp³-hybridized carbons (Fsp3) is 0.125. The number of sulfonamides is 1. The summed E-state index contributed by atoms with van der Waals surface area (Å²) in [6, 6.07) is 11.7. The summed E-state index contributed by atoms with van der Waals surface area (Å²) in [7, 11) is -3.77. The third-order valence-electron chi connectivity index (χ3n) is 3.06. The van der Waals surface area contributed by atoms with Crippen LogP contribution in [0.1, 0.15) is 5.56 Å². The molecule has 25 heavy (non-hydrogen) atoms. The van der Waals surface area contributed by atoms with E-state index in [4.69, 9.17) is 11.6 Å². The first kappa shape index (κ1) is 18.9. The molecule has 0 radical (unpaired) electrons. The summed E-state index contributed by atoms with van der Waals surface area (Å²) in [5.74, 6) is -1.27. The van der Waals surface area contributed by atoms with E-state index in [9.17, 15) is 17.6 Å². The Hall–Kier alpha value is -2.45. The molecule has 132 valence electrons. The number of carbonyl (C=O) groups is 1. The van der Waals surface area contributed by atoms with E-state index in [1.165, 1.54) is 24.4 Å². The van der Waals surface area contributed by atoms with Crippen LogP contribution in [0.5, 0.6) is 0 Å². The molecule has 0 unspecified atom stereocenters. The van der Waals surface area contributed by atoms with E-state index in [1.54, 1.807) is 24.3 Å². The average Bonchev–Trinajstić information content (AvgIpc) is 2.53. The van der Waals surface area contributed by atoms with Crippen LogP contribution < -0.4 is 9.73 Å². The van der Waals surface area contributed by atoms with Crippen LogP contribution in [-0.2, 0) is 14.8 Å². The Balaban J connectivity index is 2.06. The van der Waals surface area contributed by atoms with Gasteiger partial charge < -0.3 is 0 Å². The number of nitrogens with zero attached hydrogens (tertiary/aromatic N) is 2. The van der Waals surface area contributed by atoms with Crippen molar-refractivity contribution in [1.29, 1.82) is 0 Å². The summed E-state index contributed by atoms with van der Waals surface area (Å²) in [6.45, 7) is -0.528. The fourth-order valence-corrected chi connectivity index (χ4v) is 2.90. The first-order valence-electron chi connectivity index (χ1n) is 7.06. The predicted molar refractivity (Wildman–Crippen MR) is 95.8 cm³/mol. The van der Waals surface area contributed by atoms with Crippen molar-refractivity contribution in [2.75, 3.05) is 17.1 Å². The van der Waals surface area contributed by atoms with Gasteiger partial charge in [-0.05, 0) is 35.9 Å². The third-order valence-corrected chi connectivity index (χ3v) is 4.45. The molecule has 6 nitrogen and oxygen atoms in total. The van der Waals surface area contributed by atoms with Gasteiger partial charge in [-0.1, -0.05) is 29.8 Å². The molecular weight excluding hydrogens is 369 g/mol. The minimum Gasteiger partial charge on any atom is -0.271 e. The van der Waals surface area contributed by atoms with Gasteiger partial charge >= 0.3 is 0 Å². The van der Waals surface area contributed by atoms with Crippen LogP contribution in [0.2, 0.25) is 5.02 Å². The van der Waals surface area contributed by atoms with Gasteiger partial charge in [0.2, 0.25) is 10.0 Å². The minimum atomic E-state index is -3.77. The second-order valence-corrected chi connectivity index (χ2v) is 7.44. The molecule has 0 saturated carbocycles. The van der Waals surface area contributed by atoms with Gasteiger partial charge in [-0.25, -0.2) is 18.2 Å². The number of amides is 1. The van der Waals surface area contributed by atoms with Crippen molar-refractivity contribution in [2.24, 2.45) is 5.10 Å². The van der Waals surface area contributed by atoms with E-state index in [2.05, 4.69) is 10.5 Å². The van der Waals surface area contributed by atoms with Gasteiger partial charge in [-0.2, -0.15) is 5.10 Å². The molecule has 2 rings (SSSR count). The van der Waals surface area contributed by atoms with E-state index in [1.807, 2.05) is 0 Å². The van der Waals surface area contributed by atoms with Crippen molar-refractivity contribution in [2.45, 2.75) is 0 Å². The van der Waals surface area contributed by atoms with Gasteiger partial charge in [-0.15, -0.1) is 0 Å². The van der Waals surface area contributed by atoms with Gasteiger partial charge in [-0.3, -0.25) is 9.10 Å². The Kier molecular flexibility index (Phi) is 6.11. The molecule has 2 aromatic rings. The Bertz CT molecular complexity index is 886. The maximum atomic E-state index is 13.3. The molecular formula is C16H15ClFN3O3S. The highest BCUT2D eigenvalue weighted by molar-refractivity contribution is 7.92. The summed E-state index contributed by atoms with van der Waals surface area (Å²) in [6.07, 6.45) is 2.32. The Morgan fingerprint density at radius 1 is 1.28 bits per heavy atom. The predicted octanol–water partition coefficient (Wildman–Crippen LogP) is 2.40. The number of anilines is 1. The molecule has 0 heterocycles. The quantitative estimate of drug-likeness (QED) is 0.614. The van der Waals surface area contributed by atoms with E-state index in [-0.39, 0.29) is 5.69 Å². The molecule has 1 N–H and O–H groups in total. The molecule has 0 saturated heterocycles. The Morgan fingerprint density at radius 3 is 2.56 bits per heavy atom. The second kappa shape index (κ2) is 8.09. The zero-order chi connectivity index (χ0) is 18.4. The lowest BCUT2D eigenvalue weighted by Gasteiger charge is -2.21. The van der Waals surface area contributed by atoms with Crippen LogP contribution in [0.4, 0.5) is 10.1 Å². The number of carbonyl (C=O) groups excluding carboxylic acids is 1. The zero-order valence-electron chi connectivity index (χ0n) is 13.2. The third kappa shape index (κ3) is 5.84. The maximum absolute atomic E-state index is 13.3. The molecule has 0 aliphatic heterocycles. The molecule has 9 heteroatoms. The number of hydrogen-bond acceptors (Lipinski definition) is 4. The highest BCUT2D eigenvalue weighted by Gasteiger charge is 2.21. The summed E-state index contributed by atoms with van der Waals surface area (Å²) >= 11 is 5.76. The first-order valence-corrected chi connectivity index (χ1v) is 9.29. The lowest BCUT2D eigenvalue weighted by Crippen LogP contribution is -2.39. The number of benzene rings is 2. The van der Waals surface area contributed by atoms with E-state index in [0.717, 1.165) is 16.6 Å². The number of halogens is 2. The molecule has 2 aromatic carbocycles. The van der Waals surface area contributed by atoms with Gasteiger partial charge in [0.1, 0.15) is 12.4 Å². The fourth-order valence-electron chi connectivity index (χ4n) is 1.92. The van der Waals surface area contributed by atoms with Gasteiger partial charge in [0.25, 0.3) is 5.91 Å². The van der Waals surface area contributed by atoms with Gasteiger partial charge in [0.05, 0.1) is 18.2 Å². The molecule has 0 fully saturated rings. The monoisotopic (exact) mass is 383 g/mol. The molecule has 0 bridgehead atoms. The summed E-state index contributed by atoms with van der Waals surface area (Å²) in [4.78, 5) is 12.0. The second-order valence-electron chi connectivity index (χ2n) is 5.09. The van der Waals surface area contributed by atoms with Crippen LogP contribution in [-0.4, -0.2) is 33.3 Å². The summed E-state index contributed by atoms with van der Waals surface area (Å²) in [5.41, 5.74) is 2.99. The number of rotatable bonds is 6. The minimum absolute atomic E-state index is 0.0549.